The number of carbonyl (C=O) groups excluding carboxylic acids is 1. The minimum atomic E-state index is -0.196. The molecule has 136 valence electrons. The Kier molecular flexibility index (Phi) is 4.48. The number of pyridine rings is 1. The van der Waals surface area contributed by atoms with Crippen molar-refractivity contribution in [1.82, 2.24) is 10.4 Å². The van der Waals surface area contributed by atoms with Crippen LogP contribution in [0.15, 0.2) is 53.6 Å². The normalized spacial score (nSPS) is 14.4. The molecular formula is C23H23N3O. The van der Waals surface area contributed by atoms with Gasteiger partial charge in [-0.3, -0.25) is 4.79 Å². The number of rotatable bonds is 4. The number of aromatic nitrogens is 1. The Hall–Kier alpha value is -3.01. The molecule has 3 aromatic rings. The summed E-state index contributed by atoms with van der Waals surface area (Å²) in [6.07, 6.45) is 2.33. The number of benzene rings is 2. The molecule has 4 heteroatoms. The molecule has 0 unspecified atom stereocenters. The summed E-state index contributed by atoms with van der Waals surface area (Å²) in [6, 6.07) is 15.9. The summed E-state index contributed by atoms with van der Waals surface area (Å²) in [5, 5.41) is 5.13. The summed E-state index contributed by atoms with van der Waals surface area (Å²) >= 11 is 0. The maximum Gasteiger partial charge on any atom is 0.272 e. The monoisotopic (exact) mass is 357 g/mol. The average molecular weight is 357 g/mol. The lowest BCUT2D eigenvalue weighted by Crippen LogP contribution is -2.20. The highest BCUT2D eigenvalue weighted by molar-refractivity contribution is 6.07. The molecule has 4 nitrogen and oxygen atoms in total. The average Bonchev–Trinajstić information content (AvgIpc) is 3.52. The van der Waals surface area contributed by atoms with E-state index in [-0.39, 0.29) is 5.91 Å². The van der Waals surface area contributed by atoms with Gasteiger partial charge in [-0.1, -0.05) is 30.3 Å². The molecule has 1 heterocycles. The van der Waals surface area contributed by atoms with Crippen LogP contribution in [0.5, 0.6) is 0 Å². The number of hydrazone groups is 1. The molecule has 0 aliphatic heterocycles. The number of hydrogen-bond acceptors (Lipinski definition) is 3. The van der Waals surface area contributed by atoms with Crippen molar-refractivity contribution < 1.29 is 4.79 Å². The smallest absolute Gasteiger partial charge is 0.267 e. The van der Waals surface area contributed by atoms with Gasteiger partial charge in [-0.2, -0.15) is 5.10 Å². The number of hydrogen-bond donors (Lipinski definition) is 1. The topological polar surface area (TPSA) is 54.4 Å². The van der Waals surface area contributed by atoms with E-state index in [1.807, 2.05) is 37.3 Å². The highest BCUT2D eigenvalue weighted by Crippen LogP contribution is 2.30. The number of nitrogens with zero attached hydrogens (tertiary/aromatic N) is 2. The van der Waals surface area contributed by atoms with Crippen LogP contribution in [0.2, 0.25) is 0 Å². The number of para-hydroxylation sites is 1. The molecule has 1 N–H and O–H groups in total. The Morgan fingerprint density at radius 2 is 1.85 bits per heavy atom. The van der Waals surface area contributed by atoms with Crippen molar-refractivity contribution in [3.63, 3.8) is 0 Å². The van der Waals surface area contributed by atoms with E-state index in [0.717, 1.165) is 27.9 Å². The zero-order chi connectivity index (χ0) is 19.0. The van der Waals surface area contributed by atoms with Gasteiger partial charge in [-0.15, -0.1) is 0 Å². The van der Waals surface area contributed by atoms with Gasteiger partial charge in [0.2, 0.25) is 0 Å². The molecule has 27 heavy (non-hydrogen) atoms. The zero-order valence-corrected chi connectivity index (χ0v) is 15.9. The van der Waals surface area contributed by atoms with Crippen LogP contribution in [0, 0.1) is 19.8 Å². The summed E-state index contributed by atoms with van der Waals surface area (Å²) < 4.78 is 0. The second-order valence-corrected chi connectivity index (χ2v) is 7.34. The number of fused-ring (bicyclic) bond motifs is 1. The first-order valence-corrected chi connectivity index (χ1v) is 9.35. The lowest BCUT2D eigenvalue weighted by atomic mass is 10.0. The predicted molar refractivity (Wildman–Crippen MR) is 110 cm³/mol. The number of aryl methyl sites for hydroxylation is 2. The zero-order valence-electron chi connectivity index (χ0n) is 15.9. The molecular weight excluding hydrogens is 334 g/mol. The third kappa shape index (κ3) is 3.61. The van der Waals surface area contributed by atoms with Crippen molar-refractivity contribution in [1.29, 1.82) is 0 Å². The Morgan fingerprint density at radius 1 is 1.07 bits per heavy atom. The van der Waals surface area contributed by atoms with Gasteiger partial charge in [0.05, 0.1) is 16.8 Å². The first-order chi connectivity index (χ1) is 13.0. The molecule has 2 aromatic carbocycles. The lowest BCUT2D eigenvalue weighted by molar-refractivity contribution is 0.0956. The summed E-state index contributed by atoms with van der Waals surface area (Å²) in [6.45, 7) is 6.15. The second-order valence-electron chi connectivity index (χ2n) is 7.34. The van der Waals surface area contributed by atoms with E-state index >= 15 is 0 Å². The van der Waals surface area contributed by atoms with Crippen LogP contribution in [0.25, 0.3) is 22.2 Å². The molecule has 0 radical (unpaired) electrons. The number of carbonyl (C=O) groups is 1. The predicted octanol–water partition coefficient (Wildman–Crippen LogP) is 5.03. The van der Waals surface area contributed by atoms with Crippen molar-refractivity contribution in [3.05, 3.63) is 65.2 Å². The minimum Gasteiger partial charge on any atom is -0.267 e. The highest BCUT2D eigenvalue weighted by atomic mass is 16.2. The van der Waals surface area contributed by atoms with Gasteiger partial charge in [0.25, 0.3) is 5.91 Å². The van der Waals surface area contributed by atoms with E-state index in [1.54, 1.807) is 0 Å². The Bertz CT molecular complexity index is 1060. The Balaban J connectivity index is 1.77. The van der Waals surface area contributed by atoms with E-state index < -0.39 is 0 Å². The van der Waals surface area contributed by atoms with Crippen molar-refractivity contribution in [2.24, 2.45) is 11.0 Å². The Labute approximate surface area is 159 Å². The summed E-state index contributed by atoms with van der Waals surface area (Å²) in [7, 11) is 0. The van der Waals surface area contributed by atoms with Gasteiger partial charge >= 0.3 is 0 Å². The number of nitrogens with one attached hydrogen (secondary N) is 1. The summed E-state index contributed by atoms with van der Waals surface area (Å²) in [4.78, 5) is 17.6. The van der Waals surface area contributed by atoms with Crippen molar-refractivity contribution in [3.8, 4) is 11.3 Å². The van der Waals surface area contributed by atoms with Crippen LogP contribution >= 0.6 is 0 Å². The van der Waals surface area contributed by atoms with Gasteiger partial charge in [-0.25, -0.2) is 10.4 Å². The molecule has 1 fully saturated rings. The molecule has 1 aromatic heterocycles. The third-order valence-corrected chi connectivity index (χ3v) is 5.27. The minimum absolute atomic E-state index is 0.196. The molecule has 0 bridgehead atoms. The van der Waals surface area contributed by atoms with E-state index in [0.29, 0.717) is 11.5 Å². The fourth-order valence-electron chi connectivity index (χ4n) is 3.20. The summed E-state index contributed by atoms with van der Waals surface area (Å²) in [5.74, 6) is 0.337. The molecule has 1 amide bonds. The second kappa shape index (κ2) is 6.95. The van der Waals surface area contributed by atoms with Crippen molar-refractivity contribution in [2.45, 2.75) is 33.6 Å². The largest absolute Gasteiger partial charge is 0.272 e. The maximum atomic E-state index is 12.9. The van der Waals surface area contributed by atoms with E-state index in [4.69, 9.17) is 4.98 Å². The Morgan fingerprint density at radius 3 is 2.59 bits per heavy atom. The fraction of sp³-hybridized carbons (Fsp3) is 0.261. The van der Waals surface area contributed by atoms with Gasteiger partial charge in [0, 0.05) is 16.7 Å². The lowest BCUT2D eigenvalue weighted by Gasteiger charge is -2.10. The molecule has 0 atom stereocenters. The van der Waals surface area contributed by atoms with Crippen LogP contribution in [-0.2, 0) is 0 Å². The van der Waals surface area contributed by atoms with Gasteiger partial charge in [-0.05, 0) is 68.9 Å². The van der Waals surface area contributed by atoms with Crippen LogP contribution < -0.4 is 5.43 Å². The van der Waals surface area contributed by atoms with E-state index in [9.17, 15) is 4.79 Å². The van der Waals surface area contributed by atoms with E-state index in [2.05, 4.69) is 42.6 Å². The van der Waals surface area contributed by atoms with Crippen LogP contribution in [-0.4, -0.2) is 16.6 Å². The quantitative estimate of drug-likeness (QED) is 0.526. The first kappa shape index (κ1) is 17.4. The number of amides is 1. The SMILES string of the molecule is C/C(=N/NC(=O)c1cc(-c2ccc(C)c(C)c2)nc2ccccc12)C1CC1. The molecule has 0 saturated heterocycles. The van der Waals surface area contributed by atoms with Crippen LogP contribution in [0.1, 0.15) is 41.3 Å². The van der Waals surface area contributed by atoms with E-state index in [1.165, 1.54) is 24.0 Å². The standard InChI is InChI=1S/C23H23N3O/c1-14-8-9-18(12-15(14)2)22-13-20(19-6-4-5-7-21(19)24-22)23(27)26-25-16(3)17-10-11-17/h4-9,12-13,17H,10-11H2,1-3H3,(H,26,27)/b25-16-. The molecule has 1 saturated carbocycles. The summed E-state index contributed by atoms with van der Waals surface area (Å²) in [5.41, 5.74) is 9.38. The first-order valence-electron chi connectivity index (χ1n) is 9.35. The maximum absolute atomic E-state index is 12.9. The molecule has 1 aliphatic carbocycles. The van der Waals surface area contributed by atoms with Gasteiger partial charge < -0.3 is 0 Å². The van der Waals surface area contributed by atoms with Gasteiger partial charge in [0.1, 0.15) is 0 Å². The van der Waals surface area contributed by atoms with Crippen LogP contribution in [0.4, 0.5) is 0 Å². The highest BCUT2D eigenvalue weighted by Gasteiger charge is 2.24. The molecule has 1 aliphatic rings. The third-order valence-electron chi connectivity index (χ3n) is 5.27. The van der Waals surface area contributed by atoms with Crippen LogP contribution in [0.3, 0.4) is 0 Å². The fourth-order valence-corrected chi connectivity index (χ4v) is 3.20. The van der Waals surface area contributed by atoms with Crippen molar-refractivity contribution >= 4 is 22.5 Å². The van der Waals surface area contributed by atoms with Crippen molar-refractivity contribution in [2.75, 3.05) is 0 Å². The van der Waals surface area contributed by atoms with Gasteiger partial charge in [0.15, 0.2) is 0 Å². The molecule has 0 spiro atoms. The molecule has 4 rings (SSSR count).